The minimum atomic E-state index is -0.323. The molecule has 1 aliphatic rings. The standard InChI is InChI=1S/C24H20BrNO2/c25-20-13-7-12-19(16-20)22-21(18-10-5-2-6-11-18)23(27)24(28)26(22)15-14-17-8-3-1-4-9-17/h1-13,16,22,27H,14-15H2. The molecule has 0 aliphatic carbocycles. The van der Waals surface area contributed by atoms with Gasteiger partial charge in [-0.05, 0) is 35.2 Å². The lowest BCUT2D eigenvalue weighted by atomic mass is 9.93. The zero-order chi connectivity index (χ0) is 19.5. The predicted molar refractivity (Wildman–Crippen MR) is 115 cm³/mol. The topological polar surface area (TPSA) is 40.5 Å². The van der Waals surface area contributed by atoms with Gasteiger partial charge in [0.25, 0.3) is 5.91 Å². The molecule has 28 heavy (non-hydrogen) atoms. The summed E-state index contributed by atoms with van der Waals surface area (Å²) in [6, 6.07) is 27.3. The van der Waals surface area contributed by atoms with Crippen molar-refractivity contribution in [2.24, 2.45) is 0 Å². The van der Waals surface area contributed by atoms with E-state index in [1.54, 1.807) is 4.90 Å². The lowest BCUT2D eigenvalue weighted by Gasteiger charge is -2.27. The summed E-state index contributed by atoms with van der Waals surface area (Å²) in [7, 11) is 0. The maximum atomic E-state index is 13.0. The fourth-order valence-electron chi connectivity index (χ4n) is 3.71. The van der Waals surface area contributed by atoms with Crippen LogP contribution in [-0.2, 0) is 11.2 Å². The highest BCUT2D eigenvalue weighted by molar-refractivity contribution is 9.10. The second-order valence-electron chi connectivity index (χ2n) is 6.82. The molecule has 1 N–H and O–H groups in total. The number of aliphatic hydroxyl groups excluding tert-OH is 1. The lowest BCUT2D eigenvalue weighted by molar-refractivity contribution is -0.129. The molecule has 0 radical (unpaired) electrons. The number of aliphatic hydroxyl groups is 1. The van der Waals surface area contributed by atoms with Crippen molar-refractivity contribution < 1.29 is 9.90 Å². The van der Waals surface area contributed by atoms with Crippen LogP contribution in [0.25, 0.3) is 5.57 Å². The number of hydrogen-bond donors (Lipinski definition) is 1. The Labute approximate surface area is 173 Å². The molecule has 0 aromatic heterocycles. The van der Waals surface area contributed by atoms with Crippen molar-refractivity contribution in [3.63, 3.8) is 0 Å². The Kier molecular flexibility index (Phi) is 5.31. The molecule has 4 heteroatoms. The zero-order valence-electron chi connectivity index (χ0n) is 15.3. The number of halogens is 1. The normalized spacial score (nSPS) is 16.7. The zero-order valence-corrected chi connectivity index (χ0v) is 16.8. The molecule has 4 rings (SSSR count). The third-order valence-corrected chi connectivity index (χ3v) is 5.53. The molecule has 0 saturated carbocycles. The summed E-state index contributed by atoms with van der Waals surface area (Å²) in [6.07, 6.45) is 0.729. The summed E-state index contributed by atoms with van der Waals surface area (Å²) in [5.74, 6) is -0.482. The maximum Gasteiger partial charge on any atom is 0.289 e. The van der Waals surface area contributed by atoms with E-state index in [9.17, 15) is 9.90 Å². The molecular formula is C24H20BrNO2. The summed E-state index contributed by atoms with van der Waals surface area (Å²) in [6.45, 7) is 0.528. The SMILES string of the molecule is O=C1C(O)=C(c2ccccc2)C(c2cccc(Br)c2)N1CCc1ccccc1. The van der Waals surface area contributed by atoms with E-state index in [-0.39, 0.29) is 17.7 Å². The monoisotopic (exact) mass is 433 g/mol. The second kappa shape index (κ2) is 8.03. The molecule has 1 aliphatic heterocycles. The second-order valence-corrected chi connectivity index (χ2v) is 7.74. The van der Waals surface area contributed by atoms with Gasteiger partial charge < -0.3 is 10.0 Å². The van der Waals surface area contributed by atoms with Gasteiger partial charge in [0, 0.05) is 16.6 Å². The minimum Gasteiger partial charge on any atom is -0.503 e. The van der Waals surface area contributed by atoms with Crippen LogP contribution in [0.1, 0.15) is 22.7 Å². The Bertz CT molecular complexity index is 1020. The van der Waals surface area contributed by atoms with Crippen LogP contribution in [-0.4, -0.2) is 22.5 Å². The first kappa shape index (κ1) is 18.5. The first-order chi connectivity index (χ1) is 13.6. The Morgan fingerprint density at radius 2 is 1.57 bits per heavy atom. The van der Waals surface area contributed by atoms with Crippen LogP contribution in [0.2, 0.25) is 0 Å². The van der Waals surface area contributed by atoms with Crippen molar-refractivity contribution in [2.75, 3.05) is 6.54 Å². The van der Waals surface area contributed by atoms with E-state index in [1.807, 2.05) is 72.8 Å². The highest BCUT2D eigenvalue weighted by atomic mass is 79.9. The van der Waals surface area contributed by atoms with Crippen molar-refractivity contribution in [2.45, 2.75) is 12.5 Å². The lowest BCUT2D eigenvalue weighted by Crippen LogP contribution is -2.32. The van der Waals surface area contributed by atoms with Gasteiger partial charge in [0.2, 0.25) is 0 Å². The third kappa shape index (κ3) is 3.60. The molecule has 3 aromatic rings. The molecule has 1 atom stereocenters. The van der Waals surface area contributed by atoms with Crippen LogP contribution in [0.15, 0.2) is 95.2 Å². The first-order valence-corrected chi connectivity index (χ1v) is 10.0. The van der Waals surface area contributed by atoms with Gasteiger partial charge in [-0.15, -0.1) is 0 Å². The molecule has 0 bridgehead atoms. The van der Waals surface area contributed by atoms with E-state index in [4.69, 9.17) is 0 Å². The average molecular weight is 434 g/mol. The number of amides is 1. The molecule has 1 unspecified atom stereocenters. The van der Waals surface area contributed by atoms with Crippen molar-refractivity contribution in [3.05, 3.63) is 112 Å². The summed E-state index contributed by atoms with van der Waals surface area (Å²) < 4.78 is 0.944. The molecule has 1 amide bonds. The van der Waals surface area contributed by atoms with Crippen LogP contribution in [0.4, 0.5) is 0 Å². The summed E-state index contributed by atoms with van der Waals surface area (Å²) in [4.78, 5) is 14.8. The van der Waals surface area contributed by atoms with Gasteiger partial charge >= 0.3 is 0 Å². The summed E-state index contributed by atoms with van der Waals surface area (Å²) in [5, 5.41) is 10.8. The van der Waals surface area contributed by atoms with Crippen molar-refractivity contribution >= 4 is 27.4 Å². The number of rotatable bonds is 5. The van der Waals surface area contributed by atoms with Crippen LogP contribution in [0.3, 0.4) is 0 Å². The summed E-state index contributed by atoms with van der Waals surface area (Å²) in [5.41, 5.74) is 3.66. The highest BCUT2D eigenvalue weighted by Crippen LogP contribution is 2.43. The molecular weight excluding hydrogens is 414 g/mol. The van der Waals surface area contributed by atoms with Crippen molar-refractivity contribution in [3.8, 4) is 0 Å². The van der Waals surface area contributed by atoms with Gasteiger partial charge in [-0.1, -0.05) is 88.7 Å². The Morgan fingerprint density at radius 3 is 2.25 bits per heavy atom. The minimum absolute atomic E-state index is 0.163. The summed E-state index contributed by atoms with van der Waals surface area (Å²) >= 11 is 3.53. The molecule has 140 valence electrons. The molecule has 3 nitrogen and oxygen atoms in total. The van der Waals surface area contributed by atoms with E-state index in [0.29, 0.717) is 12.1 Å². The fraction of sp³-hybridized carbons (Fsp3) is 0.125. The average Bonchev–Trinajstić information content (AvgIpc) is 2.98. The Morgan fingerprint density at radius 1 is 0.893 bits per heavy atom. The number of carbonyl (C=O) groups excluding carboxylic acids is 1. The van der Waals surface area contributed by atoms with E-state index < -0.39 is 0 Å². The molecule has 1 heterocycles. The Balaban J connectivity index is 1.74. The molecule has 0 fully saturated rings. The van der Waals surface area contributed by atoms with Gasteiger partial charge in [-0.3, -0.25) is 4.79 Å². The van der Waals surface area contributed by atoms with Gasteiger partial charge in [0.15, 0.2) is 5.76 Å². The van der Waals surface area contributed by atoms with Gasteiger partial charge in [-0.2, -0.15) is 0 Å². The maximum absolute atomic E-state index is 13.0. The number of carbonyl (C=O) groups is 1. The number of benzene rings is 3. The number of nitrogens with zero attached hydrogens (tertiary/aromatic N) is 1. The third-order valence-electron chi connectivity index (χ3n) is 5.04. The fourth-order valence-corrected chi connectivity index (χ4v) is 4.13. The molecule has 3 aromatic carbocycles. The van der Waals surface area contributed by atoms with E-state index >= 15 is 0 Å². The van der Waals surface area contributed by atoms with Gasteiger partial charge in [-0.25, -0.2) is 0 Å². The van der Waals surface area contributed by atoms with Gasteiger partial charge in [0.1, 0.15) is 0 Å². The van der Waals surface area contributed by atoms with E-state index in [0.717, 1.165) is 27.6 Å². The van der Waals surface area contributed by atoms with Crippen LogP contribution in [0, 0.1) is 0 Å². The first-order valence-electron chi connectivity index (χ1n) is 9.24. The van der Waals surface area contributed by atoms with Crippen LogP contribution < -0.4 is 0 Å². The van der Waals surface area contributed by atoms with Crippen molar-refractivity contribution in [1.29, 1.82) is 0 Å². The number of hydrogen-bond acceptors (Lipinski definition) is 2. The van der Waals surface area contributed by atoms with E-state index in [1.165, 1.54) is 0 Å². The predicted octanol–water partition coefficient (Wildman–Crippen LogP) is 5.54. The Hall–Kier alpha value is -2.85. The van der Waals surface area contributed by atoms with Gasteiger partial charge in [0.05, 0.1) is 6.04 Å². The molecule has 0 saturated heterocycles. The quantitative estimate of drug-likeness (QED) is 0.573. The largest absolute Gasteiger partial charge is 0.503 e. The van der Waals surface area contributed by atoms with Crippen molar-refractivity contribution in [1.82, 2.24) is 4.90 Å². The smallest absolute Gasteiger partial charge is 0.289 e. The molecule has 0 spiro atoms. The van der Waals surface area contributed by atoms with E-state index in [2.05, 4.69) is 28.1 Å². The highest BCUT2D eigenvalue weighted by Gasteiger charge is 2.40. The van der Waals surface area contributed by atoms with Crippen LogP contribution in [0.5, 0.6) is 0 Å². The van der Waals surface area contributed by atoms with Crippen LogP contribution >= 0.6 is 15.9 Å².